The summed E-state index contributed by atoms with van der Waals surface area (Å²) >= 11 is 0. The summed E-state index contributed by atoms with van der Waals surface area (Å²) in [5.41, 5.74) is 0. The van der Waals surface area contributed by atoms with E-state index in [0.717, 1.165) is 19.5 Å². The number of urea groups is 1. The molecule has 4 heteroatoms. The van der Waals surface area contributed by atoms with Crippen LogP contribution in [0.5, 0.6) is 0 Å². The Morgan fingerprint density at radius 1 is 1.53 bits per heavy atom. The highest BCUT2D eigenvalue weighted by atomic mass is 16.2. The molecule has 15 heavy (non-hydrogen) atoms. The smallest absolute Gasteiger partial charge is 0.317 e. The number of likely N-dealkylation sites (N-methyl/N-ethyl adjacent to an activating group) is 1. The maximum atomic E-state index is 11.5. The van der Waals surface area contributed by atoms with E-state index in [1.165, 1.54) is 6.42 Å². The number of likely N-dealkylation sites (tertiary alicyclic amines) is 1. The van der Waals surface area contributed by atoms with Crippen molar-refractivity contribution in [3.8, 4) is 0 Å². The van der Waals surface area contributed by atoms with Gasteiger partial charge in [0.25, 0.3) is 0 Å². The van der Waals surface area contributed by atoms with Crippen LogP contribution in [0.4, 0.5) is 4.79 Å². The summed E-state index contributed by atoms with van der Waals surface area (Å²) in [7, 11) is 3.83. The van der Waals surface area contributed by atoms with Gasteiger partial charge in [-0.05, 0) is 33.7 Å². The zero-order valence-corrected chi connectivity index (χ0v) is 10.3. The Kier molecular flexibility index (Phi) is 4.39. The van der Waals surface area contributed by atoms with Gasteiger partial charge in [0.1, 0.15) is 0 Å². The number of rotatable bonds is 2. The first-order valence-corrected chi connectivity index (χ1v) is 5.74. The third-order valence-corrected chi connectivity index (χ3v) is 3.29. The Balaban J connectivity index is 2.52. The molecule has 0 saturated carbocycles. The lowest BCUT2D eigenvalue weighted by atomic mass is 10.0. The minimum atomic E-state index is 0.0526. The molecule has 0 aromatic rings. The molecule has 1 N–H and O–H groups in total. The predicted octanol–water partition coefficient (Wildman–Crippen LogP) is 1.13. The highest BCUT2D eigenvalue weighted by molar-refractivity contribution is 5.73. The molecule has 4 nitrogen and oxygen atoms in total. The largest absolute Gasteiger partial charge is 0.341 e. The highest BCUT2D eigenvalue weighted by Gasteiger charge is 2.26. The highest BCUT2D eigenvalue weighted by Crippen LogP contribution is 2.16. The third kappa shape index (κ3) is 3.09. The average molecular weight is 213 g/mol. The molecule has 1 heterocycles. The minimum Gasteiger partial charge on any atom is -0.341 e. The van der Waals surface area contributed by atoms with Crippen LogP contribution in [0.25, 0.3) is 0 Å². The number of hydrogen-bond donors (Lipinski definition) is 1. The molecule has 1 unspecified atom stereocenters. The summed E-state index contributed by atoms with van der Waals surface area (Å²) in [6, 6.07) is 1.10. The Bertz CT molecular complexity index is 218. The van der Waals surface area contributed by atoms with Crippen LogP contribution in [0.2, 0.25) is 0 Å². The SMILES string of the molecule is CNC(=O)N1CCCC(N(C)C(C)C)C1. The quantitative estimate of drug-likeness (QED) is 0.746. The molecular formula is C11H23N3O. The normalized spacial score (nSPS) is 22.3. The van der Waals surface area contributed by atoms with E-state index in [0.29, 0.717) is 12.1 Å². The maximum absolute atomic E-state index is 11.5. The van der Waals surface area contributed by atoms with Crippen LogP contribution in [-0.2, 0) is 0 Å². The minimum absolute atomic E-state index is 0.0526. The molecule has 0 bridgehead atoms. The van der Waals surface area contributed by atoms with Crippen molar-refractivity contribution in [2.24, 2.45) is 0 Å². The zero-order chi connectivity index (χ0) is 11.4. The standard InChI is InChI=1S/C11H23N3O/c1-9(2)13(4)10-6-5-7-14(8-10)11(15)12-3/h9-10H,5-8H2,1-4H3,(H,12,15). The van der Waals surface area contributed by atoms with Gasteiger partial charge in [-0.25, -0.2) is 4.79 Å². The van der Waals surface area contributed by atoms with E-state index >= 15 is 0 Å². The molecule has 0 aromatic carbocycles. The van der Waals surface area contributed by atoms with Crippen LogP contribution in [0.3, 0.4) is 0 Å². The van der Waals surface area contributed by atoms with Crippen LogP contribution in [-0.4, -0.2) is 55.1 Å². The van der Waals surface area contributed by atoms with Crippen LogP contribution < -0.4 is 5.32 Å². The van der Waals surface area contributed by atoms with Crippen molar-refractivity contribution in [3.63, 3.8) is 0 Å². The van der Waals surface area contributed by atoms with E-state index in [4.69, 9.17) is 0 Å². The van der Waals surface area contributed by atoms with E-state index in [1.807, 2.05) is 4.90 Å². The number of nitrogens with one attached hydrogen (secondary N) is 1. The predicted molar refractivity (Wildman–Crippen MR) is 61.9 cm³/mol. The number of piperidine rings is 1. The number of hydrogen-bond acceptors (Lipinski definition) is 2. The summed E-state index contributed by atoms with van der Waals surface area (Å²) in [5, 5.41) is 2.69. The van der Waals surface area contributed by atoms with Crippen molar-refractivity contribution in [3.05, 3.63) is 0 Å². The van der Waals surface area contributed by atoms with Crippen molar-refractivity contribution in [2.45, 2.75) is 38.8 Å². The monoisotopic (exact) mass is 213 g/mol. The van der Waals surface area contributed by atoms with Crippen molar-refractivity contribution in [1.82, 2.24) is 15.1 Å². The fourth-order valence-electron chi connectivity index (χ4n) is 2.05. The van der Waals surface area contributed by atoms with E-state index < -0.39 is 0 Å². The number of nitrogens with zero attached hydrogens (tertiary/aromatic N) is 2. The molecule has 1 atom stereocenters. The fraction of sp³-hybridized carbons (Fsp3) is 0.909. The maximum Gasteiger partial charge on any atom is 0.317 e. The summed E-state index contributed by atoms with van der Waals surface area (Å²) in [6.07, 6.45) is 2.30. The summed E-state index contributed by atoms with van der Waals surface area (Å²) < 4.78 is 0. The van der Waals surface area contributed by atoms with Gasteiger partial charge in [-0.1, -0.05) is 0 Å². The van der Waals surface area contributed by atoms with Gasteiger partial charge >= 0.3 is 6.03 Å². The average Bonchev–Trinajstić information content (AvgIpc) is 2.27. The van der Waals surface area contributed by atoms with Gasteiger partial charge < -0.3 is 10.2 Å². The molecule has 1 rings (SSSR count). The molecule has 0 radical (unpaired) electrons. The van der Waals surface area contributed by atoms with E-state index in [-0.39, 0.29) is 6.03 Å². The molecule has 0 aliphatic carbocycles. The summed E-state index contributed by atoms with van der Waals surface area (Å²) in [5.74, 6) is 0. The Morgan fingerprint density at radius 2 is 2.20 bits per heavy atom. The van der Waals surface area contributed by atoms with Gasteiger partial charge in [0.05, 0.1) is 0 Å². The molecule has 1 saturated heterocycles. The lowest BCUT2D eigenvalue weighted by molar-refractivity contribution is 0.108. The number of carbonyl (C=O) groups is 1. The molecule has 0 spiro atoms. The van der Waals surface area contributed by atoms with Crippen LogP contribution in [0, 0.1) is 0 Å². The zero-order valence-electron chi connectivity index (χ0n) is 10.3. The topological polar surface area (TPSA) is 35.6 Å². The second kappa shape index (κ2) is 5.35. The lowest BCUT2D eigenvalue weighted by Crippen LogP contribution is -2.52. The molecular weight excluding hydrogens is 190 g/mol. The summed E-state index contributed by atoms with van der Waals surface area (Å²) in [4.78, 5) is 15.8. The number of carbonyl (C=O) groups excluding carboxylic acids is 1. The Labute approximate surface area is 92.6 Å². The van der Waals surface area contributed by atoms with Gasteiger partial charge in [-0.2, -0.15) is 0 Å². The van der Waals surface area contributed by atoms with Crippen molar-refractivity contribution in [1.29, 1.82) is 0 Å². The molecule has 1 aliphatic rings. The second-order valence-electron chi connectivity index (χ2n) is 4.56. The molecule has 2 amide bonds. The second-order valence-corrected chi connectivity index (χ2v) is 4.56. The molecule has 1 fully saturated rings. The van der Waals surface area contributed by atoms with Crippen molar-refractivity contribution < 1.29 is 4.79 Å². The molecule has 0 aromatic heterocycles. The fourth-order valence-corrected chi connectivity index (χ4v) is 2.05. The first kappa shape index (κ1) is 12.3. The third-order valence-electron chi connectivity index (χ3n) is 3.29. The Morgan fingerprint density at radius 3 is 2.73 bits per heavy atom. The van der Waals surface area contributed by atoms with Gasteiger partial charge in [-0.15, -0.1) is 0 Å². The van der Waals surface area contributed by atoms with Crippen LogP contribution >= 0.6 is 0 Å². The Hall–Kier alpha value is -0.770. The first-order valence-electron chi connectivity index (χ1n) is 5.74. The first-order chi connectivity index (χ1) is 7.06. The summed E-state index contributed by atoms with van der Waals surface area (Å²) in [6.45, 7) is 6.13. The van der Waals surface area contributed by atoms with Crippen molar-refractivity contribution >= 4 is 6.03 Å². The van der Waals surface area contributed by atoms with Gasteiger partial charge in [0.15, 0.2) is 0 Å². The molecule has 1 aliphatic heterocycles. The number of amides is 2. The van der Waals surface area contributed by atoms with Gasteiger partial charge in [0, 0.05) is 32.2 Å². The lowest BCUT2D eigenvalue weighted by Gasteiger charge is -2.39. The van der Waals surface area contributed by atoms with Crippen molar-refractivity contribution in [2.75, 3.05) is 27.2 Å². The van der Waals surface area contributed by atoms with E-state index in [9.17, 15) is 4.79 Å². The van der Waals surface area contributed by atoms with E-state index in [1.54, 1.807) is 7.05 Å². The van der Waals surface area contributed by atoms with Crippen LogP contribution in [0.15, 0.2) is 0 Å². The van der Waals surface area contributed by atoms with Crippen LogP contribution in [0.1, 0.15) is 26.7 Å². The van der Waals surface area contributed by atoms with E-state index in [2.05, 4.69) is 31.1 Å². The molecule has 88 valence electrons. The van der Waals surface area contributed by atoms with Gasteiger partial charge in [-0.3, -0.25) is 4.90 Å². The van der Waals surface area contributed by atoms with Gasteiger partial charge in [0.2, 0.25) is 0 Å².